The highest BCUT2D eigenvalue weighted by atomic mass is 32.2. The van der Waals surface area contributed by atoms with Gasteiger partial charge in [-0.05, 0) is 44.0 Å². The first-order chi connectivity index (χ1) is 10.0. The van der Waals surface area contributed by atoms with E-state index in [9.17, 15) is 9.90 Å². The third-order valence-corrected chi connectivity index (χ3v) is 4.89. The molecule has 0 aliphatic carbocycles. The fourth-order valence-corrected chi connectivity index (χ4v) is 3.44. The Morgan fingerprint density at radius 1 is 1.38 bits per heavy atom. The van der Waals surface area contributed by atoms with Gasteiger partial charge in [0.05, 0.1) is 0 Å². The number of carbonyl (C=O) groups is 1. The smallest absolute Gasteiger partial charge is 0.323 e. The van der Waals surface area contributed by atoms with Crippen LogP contribution in [0.3, 0.4) is 0 Å². The molecule has 118 valence electrons. The molecule has 1 aromatic rings. The quantitative estimate of drug-likeness (QED) is 0.645. The Balaban J connectivity index is 2.36. The summed E-state index contributed by atoms with van der Waals surface area (Å²) >= 11 is 1.88. The molecular weight excluding hydrogens is 282 g/mol. The van der Waals surface area contributed by atoms with Crippen molar-refractivity contribution in [1.82, 2.24) is 5.32 Å². The summed E-state index contributed by atoms with van der Waals surface area (Å²) in [5, 5.41) is 12.6. The standard InChI is InChI=1S/C17H27NO2S/c1-4-17(16(19)20,18-5-2)10-7-11-21-13-15-9-6-8-14(3)12-15/h6,8-9,12,18H,4-5,7,10-11,13H2,1-3H3,(H,19,20). The summed E-state index contributed by atoms with van der Waals surface area (Å²) in [5.74, 6) is 1.26. The number of rotatable bonds is 10. The van der Waals surface area contributed by atoms with Gasteiger partial charge in [0, 0.05) is 5.75 Å². The van der Waals surface area contributed by atoms with Crippen LogP contribution in [0.1, 0.15) is 44.2 Å². The van der Waals surface area contributed by atoms with Crippen LogP contribution in [-0.4, -0.2) is 28.9 Å². The zero-order chi connectivity index (χ0) is 15.7. The summed E-state index contributed by atoms with van der Waals surface area (Å²) in [6, 6.07) is 8.54. The van der Waals surface area contributed by atoms with Gasteiger partial charge >= 0.3 is 5.97 Å². The number of aryl methyl sites for hydroxylation is 1. The molecule has 0 fully saturated rings. The molecule has 21 heavy (non-hydrogen) atoms. The second-order valence-electron chi connectivity index (χ2n) is 5.42. The molecule has 4 heteroatoms. The summed E-state index contributed by atoms with van der Waals surface area (Å²) in [7, 11) is 0. The average molecular weight is 309 g/mol. The van der Waals surface area contributed by atoms with E-state index < -0.39 is 11.5 Å². The molecule has 0 saturated heterocycles. The Hall–Kier alpha value is -1.00. The predicted octanol–water partition coefficient (Wildman–Crippen LogP) is 3.85. The van der Waals surface area contributed by atoms with E-state index in [4.69, 9.17) is 0 Å². The fourth-order valence-electron chi connectivity index (χ4n) is 2.53. The van der Waals surface area contributed by atoms with Crippen molar-refractivity contribution < 1.29 is 9.90 Å². The van der Waals surface area contributed by atoms with Crippen molar-refractivity contribution in [2.24, 2.45) is 0 Å². The van der Waals surface area contributed by atoms with E-state index in [1.54, 1.807) is 0 Å². The van der Waals surface area contributed by atoms with Crippen molar-refractivity contribution in [2.45, 2.75) is 51.3 Å². The molecule has 1 aromatic carbocycles. The first-order valence-electron chi connectivity index (χ1n) is 7.65. The SMILES string of the molecule is CCNC(CC)(CCCSCc1cccc(C)c1)C(=O)O. The van der Waals surface area contributed by atoms with E-state index in [1.807, 2.05) is 25.6 Å². The van der Waals surface area contributed by atoms with Crippen LogP contribution >= 0.6 is 11.8 Å². The highest BCUT2D eigenvalue weighted by Gasteiger charge is 2.34. The van der Waals surface area contributed by atoms with Gasteiger partial charge in [0.15, 0.2) is 0 Å². The van der Waals surface area contributed by atoms with Gasteiger partial charge < -0.3 is 10.4 Å². The number of carboxylic acids is 1. The van der Waals surface area contributed by atoms with E-state index in [1.165, 1.54) is 11.1 Å². The number of nitrogens with one attached hydrogen (secondary N) is 1. The summed E-state index contributed by atoms with van der Waals surface area (Å²) in [4.78, 5) is 11.5. The van der Waals surface area contributed by atoms with Crippen molar-refractivity contribution in [3.8, 4) is 0 Å². The molecule has 2 N–H and O–H groups in total. The second kappa shape index (κ2) is 9.11. The maximum atomic E-state index is 11.5. The van der Waals surface area contributed by atoms with Gasteiger partial charge in [-0.25, -0.2) is 0 Å². The van der Waals surface area contributed by atoms with Gasteiger partial charge in [0.2, 0.25) is 0 Å². The van der Waals surface area contributed by atoms with E-state index in [-0.39, 0.29) is 0 Å². The minimum atomic E-state index is -0.751. The third-order valence-electron chi connectivity index (χ3n) is 3.77. The molecule has 0 heterocycles. The number of thioether (sulfide) groups is 1. The van der Waals surface area contributed by atoms with Crippen LogP contribution in [0.2, 0.25) is 0 Å². The van der Waals surface area contributed by atoms with E-state index in [2.05, 4.69) is 36.5 Å². The predicted molar refractivity (Wildman–Crippen MR) is 90.9 cm³/mol. The highest BCUT2D eigenvalue weighted by Crippen LogP contribution is 2.21. The summed E-state index contributed by atoms with van der Waals surface area (Å²) in [6.45, 7) is 6.69. The Labute approximate surface area is 132 Å². The van der Waals surface area contributed by atoms with Crippen molar-refractivity contribution >= 4 is 17.7 Å². The van der Waals surface area contributed by atoms with E-state index in [0.717, 1.165) is 17.9 Å². The maximum Gasteiger partial charge on any atom is 0.323 e. The van der Waals surface area contributed by atoms with Gasteiger partial charge in [0.1, 0.15) is 5.54 Å². The van der Waals surface area contributed by atoms with Crippen LogP contribution in [0.4, 0.5) is 0 Å². The monoisotopic (exact) mass is 309 g/mol. The zero-order valence-corrected chi connectivity index (χ0v) is 14.1. The molecule has 0 aliphatic rings. The maximum absolute atomic E-state index is 11.5. The first kappa shape index (κ1) is 18.1. The molecule has 0 radical (unpaired) electrons. The van der Waals surface area contributed by atoms with Gasteiger partial charge in [-0.2, -0.15) is 11.8 Å². The van der Waals surface area contributed by atoms with Crippen LogP contribution in [0.15, 0.2) is 24.3 Å². The van der Waals surface area contributed by atoms with Gasteiger partial charge in [-0.3, -0.25) is 4.79 Å². The number of carboxylic acid groups (broad SMARTS) is 1. The molecule has 0 saturated carbocycles. The fraction of sp³-hybridized carbons (Fsp3) is 0.588. The van der Waals surface area contributed by atoms with E-state index >= 15 is 0 Å². The number of benzene rings is 1. The van der Waals surface area contributed by atoms with Gasteiger partial charge in [-0.15, -0.1) is 0 Å². The lowest BCUT2D eigenvalue weighted by Gasteiger charge is -2.29. The first-order valence-corrected chi connectivity index (χ1v) is 8.81. The lowest BCUT2D eigenvalue weighted by molar-refractivity contribution is -0.145. The molecule has 0 spiro atoms. The van der Waals surface area contributed by atoms with Crippen LogP contribution in [-0.2, 0) is 10.5 Å². The number of likely N-dealkylation sites (N-methyl/N-ethyl adjacent to an activating group) is 1. The minimum absolute atomic E-state index is 0.624. The highest BCUT2D eigenvalue weighted by molar-refractivity contribution is 7.98. The number of aliphatic carboxylic acids is 1. The van der Waals surface area contributed by atoms with E-state index in [0.29, 0.717) is 19.4 Å². The van der Waals surface area contributed by atoms with Crippen molar-refractivity contribution in [3.05, 3.63) is 35.4 Å². The molecule has 3 nitrogen and oxygen atoms in total. The van der Waals surface area contributed by atoms with Crippen molar-refractivity contribution in [3.63, 3.8) is 0 Å². The average Bonchev–Trinajstić information content (AvgIpc) is 2.45. The minimum Gasteiger partial charge on any atom is -0.480 e. The zero-order valence-electron chi connectivity index (χ0n) is 13.3. The van der Waals surface area contributed by atoms with Gasteiger partial charge in [0.25, 0.3) is 0 Å². The Kier molecular flexibility index (Phi) is 7.83. The van der Waals surface area contributed by atoms with Crippen LogP contribution in [0.25, 0.3) is 0 Å². The van der Waals surface area contributed by atoms with Crippen LogP contribution in [0.5, 0.6) is 0 Å². The lowest BCUT2D eigenvalue weighted by atomic mass is 9.91. The molecule has 0 aromatic heterocycles. The molecule has 1 unspecified atom stereocenters. The molecule has 0 amide bonds. The summed E-state index contributed by atoms with van der Waals surface area (Å²) < 4.78 is 0. The van der Waals surface area contributed by atoms with Crippen molar-refractivity contribution in [2.75, 3.05) is 12.3 Å². The molecule has 0 bridgehead atoms. The largest absolute Gasteiger partial charge is 0.480 e. The number of hydrogen-bond donors (Lipinski definition) is 2. The molecule has 1 rings (SSSR count). The Morgan fingerprint density at radius 3 is 2.71 bits per heavy atom. The molecular formula is C17H27NO2S. The molecule has 0 aliphatic heterocycles. The topological polar surface area (TPSA) is 49.3 Å². The van der Waals surface area contributed by atoms with Crippen LogP contribution < -0.4 is 5.32 Å². The molecule has 1 atom stereocenters. The number of hydrogen-bond acceptors (Lipinski definition) is 3. The second-order valence-corrected chi connectivity index (χ2v) is 6.52. The van der Waals surface area contributed by atoms with Gasteiger partial charge in [-0.1, -0.05) is 43.7 Å². The van der Waals surface area contributed by atoms with Crippen molar-refractivity contribution in [1.29, 1.82) is 0 Å². The summed E-state index contributed by atoms with van der Waals surface area (Å²) in [6.07, 6.45) is 2.23. The third kappa shape index (κ3) is 5.71. The lowest BCUT2D eigenvalue weighted by Crippen LogP contribution is -2.51. The summed E-state index contributed by atoms with van der Waals surface area (Å²) in [5.41, 5.74) is 1.88. The Morgan fingerprint density at radius 2 is 2.14 bits per heavy atom. The Bertz CT molecular complexity index is 450. The normalized spacial score (nSPS) is 13.9. The van der Waals surface area contributed by atoms with Crippen LogP contribution in [0, 0.1) is 6.92 Å².